The maximum Gasteiger partial charge on any atom is 0.253 e. The average Bonchev–Trinajstić information content (AvgIpc) is 3.16. The number of rotatable bonds is 7. The van der Waals surface area contributed by atoms with Crippen molar-refractivity contribution in [2.24, 2.45) is 0 Å². The Morgan fingerprint density at radius 1 is 1.07 bits per heavy atom. The molecular weight excluding hydrogens is 396 g/mol. The summed E-state index contributed by atoms with van der Waals surface area (Å²) < 4.78 is 0. The van der Waals surface area contributed by atoms with Crippen LogP contribution in [0.2, 0.25) is 5.02 Å². The fourth-order valence-electron chi connectivity index (χ4n) is 2.62. The number of benzene rings is 2. The first kappa shape index (κ1) is 20.0. The SMILES string of the molecule is CCc1nnc(NC(=O)CC(NC(=O)c2ccccc2Cl)c2ccccc2)s1. The van der Waals surface area contributed by atoms with Crippen molar-refractivity contribution < 1.29 is 9.59 Å². The zero-order chi connectivity index (χ0) is 19.9. The van der Waals surface area contributed by atoms with E-state index in [2.05, 4.69) is 20.8 Å². The first-order chi connectivity index (χ1) is 13.6. The van der Waals surface area contributed by atoms with Gasteiger partial charge in [0, 0.05) is 0 Å². The molecule has 28 heavy (non-hydrogen) atoms. The molecule has 8 heteroatoms. The number of amides is 2. The predicted octanol–water partition coefficient (Wildman–Crippen LogP) is 4.25. The van der Waals surface area contributed by atoms with Crippen molar-refractivity contribution in [1.82, 2.24) is 15.5 Å². The van der Waals surface area contributed by atoms with Crippen molar-refractivity contribution in [1.29, 1.82) is 0 Å². The molecule has 0 aliphatic rings. The van der Waals surface area contributed by atoms with Crippen LogP contribution in [0.1, 0.15) is 40.3 Å². The Hall–Kier alpha value is -2.77. The molecule has 2 aromatic carbocycles. The first-order valence-electron chi connectivity index (χ1n) is 8.79. The van der Waals surface area contributed by atoms with E-state index in [1.165, 1.54) is 11.3 Å². The highest BCUT2D eigenvalue weighted by Crippen LogP contribution is 2.22. The lowest BCUT2D eigenvalue weighted by Gasteiger charge is -2.19. The zero-order valence-corrected chi connectivity index (χ0v) is 16.8. The lowest BCUT2D eigenvalue weighted by atomic mass is 10.0. The van der Waals surface area contributed by atoms with Crippen molar-refractivity contribution in [2.75, 3.05) is 5.32 Å². The van der Waals surface area contributed by atoms with Gasteiger partial charge in [-0.15, -0.1) is 10.2 Å². The summed E-state index contributed by atoms with van der Waals surface area (Å²) in [5.41, 5.74) is 1.19. The third-order valence-corrected chi connectivity index (χ3v) is 5.34. The summed E-state index contributed by atoms with van der Waals surface area (Å²) in [6.45, 7) is 1.97. The molecule has 6 nitrogen and oxygen atoms in total. The van der Waals surface area contributed by atoms with Crippen LogP contribution in [-0.2, 0) is 11.2 Å². The van der Waals surface area contributed by atoms with Crippen molar-refractivity contribution >= 4 is 39.9 Å². The zero-order valence-electron chi connectivity index (χ0n) is 15.2. The molecule has 0 fully saturated rings. The normalized spacial score (nSPS) is 11.6. The maximum absolute atomic E-state index is 12.7. The standard InChI is InChI=1S/C20H19ClN4O2S/c1-2-18-24-25-20(28-18)23-17(26)12-16(13-8-4-3-5-9-13)22-19(27)14-10-6-7-11-15(14)21/h3-11,16H,2,12H2,1H3,(H,22,27)(H,23,25,26). The summed E-state index contributed by atoms with van der Waals surface area (Å²) in [6, 6.07) is 15.6. The predicted molar refractivity (Wildman–Crippen MR) is 111 cm³/mol. The summed E-state index contributed by atoms with van der Waals surface area (Å²) >= 11 is 7.46. The van der Waals surface area contributed by atoms with Crippen LogP contribution in [0.15, 0.2) is 54.6 Å². The van der Waals surface area contributed by atoms with Crippen molar-refractivity contribution in [3.05, 3.63) is 75.8 Å². The summed E-state index contributed by atoms with van der Waals surface area (Å²) in [5.74, 6) is -0.594. The van der Waals surface area contributed by atoms with Gasteiger partial charge in [0.2, 0.25) is 11.0 Å². The molecule has 1 aromatic heterocycles. The molecule has 0 spiro atoms. The molecule has 2 amide bonds. The molecule has 1 heterocycles. The third kappa shape index (κ3) is 5.15. The van der Waals surface area contributed by atoms with Crippen LogP contribution >= 0.6 is 22.9 Å². The second-order valence-electron chi connectivity index (χ2n) is 6.02. The number of anilines is 1. The second-order valence-corrected chi connectivity index (χ2v) is 7.49. The van der Waals surface area contributed by atoms with E-state index in [1.807, 2.05) is 37.3 Å². The van der Waals surface area contributed by atoms with Crippen LogP contribution in [0.25, 0.3) is 0 Å². The van der Waals surface area contributed by atoms with E-state index in [4.69, 9.17) is 11.6 Å². The number of nitrogens with zero attached hydrogens (tertiary/aromatic N) is 2. The van der Waals surface area contributed by atoms with E-state index in [0.717, 1.165) is 17.0 Å². The van der Waals surface area contributed by atoms with Gasteiger partial charge in [-0.3, -0.25) is 9.59 Å². The van der Waals surface area contributed by atoms with Gasteiger partial charge in [0.05, 0.1) is 23.0 Å². The van der Waals surface area contributed by atoms with Crippen LogP contribution in [0.5, 0.6) is 0 Å². The van der Waals surface area contributed by atoms with E-state index in [1.54, 1.807) is 24.3 Å². The third-order valence-electron chi connectivity index (χ3n) is 4.03. The van der Waals surface area contributed by atoms with E-state index < -0.39 is 6.04 Å². The number of halogens is 1. The minimum atomic E-state index is -0.511. The van der Waals surface area contributed by atoms with Gasteiger partial charge < -0.3 is 10.6 Å². The van der Waals surface area contributed by atoms with Crippen LogP contribution in [0.3, 0.4) is 0 Å². The fraction of sp³-hybridized carbons (Fsp3) is 0.200. The lowest BCUT2D eigenvalue weighted by molar-refractivity contribution is -0.116. The Bertz CT molecular complexity index is 962. The topological polar surface area (TPSA) is 84.0 Å². The molecule has 0 saturated heterocycles. The smallest absolute Gasteiger partial charge is 0.253 e. The average molecular weight is 415 g/mol. The number of aryl methyl sites for hydroxylation is 1. The number of carbonyl (C=O) groups is 2. The molecule has 0 saturated carbocycles. The summed E-state index contributed by atoms with van der Waals surface area (Å²) in [5, 5.41) is 15.3. The van der Waals surface area contributed by atoms with Crippen molar-refractivity contribution in [2.45, 2.75) is 25.8 Å². The highest BCUT2D eigenvalue weighted by molar-refractivity contribution is 7.15. The van der Waals surface area contributed by atoms with Crippen molar-refractivity contribution in [3.8, 4) is 0 Å². The molecule has 144 valence electrons. The van der Waals surface area contributed by atoms with Gasteiger partial charge in [0.15, 0.2) is 0 Å². The van der Waals surface area contributed by atoms with Crippen LogP contribution in [0, 0.1) is 0 Å². The summed E-state index contributed by atoms with van der Waals surface area (Å²) in [7, 11) is 0. The molecule has 3 rings (SSSR count). The number of hydrogen-bond donors (Lipinski definition) is 2. The summed E-state index contributed by atoms with van der Waals surface area (Å²) in [4.78, 5) is 25.2. The number of hydrogen-bond acceptors (Lipinski definition) is 5. The largest absolute Gasteiger partial charge is 0.345 e. The van der Waals surface area contributed by atoms with E-state index in [9.17, 15) is 9.59 Å². The molecule has 0 radical (unpaired) electrons. The Balaban J connectivity index is 1.75. The van der Waals surface area contributed by atoms with Gasteiger partial charge in [0.1, 0.15) is 5.01 Å². The second kappa shape index (κ2) is 9.43. The van der Waals surface area contributed by atoms with Gasteiger partial charge >= 0.3 is 0 Å². The van der Waals surface area contributed by atoms with Crippen LogP contribution < -0.4 is 10.6 Å². The van der Waals surface area contributed by atoms with Gasteiger partial charge in [-0.05, 0) is 24.1 Å². The number of aromatic nitrogens is 2. The molecule has 2 N–H and O–H groups in total. The first-order valence-corrected chi connectivity index (χ1v) is 9.98. The van der Waals surface area contributed by atoms with Crippen LogP contribution in [-0.4, -0.2) is 22.0 Å². The Labute approximate surface area is 172 Å². The molecule has 0 aliphatic carbocycles. The Morgan fingerprint density at radius 2 is 1.79 bits per heavy atom. The van der Waals surface area contributed by atoms with Gasteiger partial charge in [-0.2, -0.15) is 0 Å². The van der Waals surface area contributed by atoms with E-state index >= 15 is 0 Å². The van der Waals surface area contributed by atoms with E-state index in [-0.39, 0.29) is 18.2 Å². The quantitative estimate of drug-likeness (QED) is 0.605. The molecule has 3 aromatic rings. The minimum Gasteiger partial charge on any atom is -0.345 e. The molecule has 1 atom stereocenters. The summed E-state index contributed by atoms with van der Waals surface area (Å²) in [6.07, 6.45) is 0.815. The number of carbonyl (C=O) groups excluding carboxylic acids is 2. The van der Waals surface area contributed by atoms with Gasteiger partial charge in [-0.1, -0.05) is 72.3 Å². The molecule has 0 aliphatic heterocycles. The highest BCUT2D eigenvalue weighted by atomic mass is 35.5. The van der Waals surface area contributed by atoms with Crippen molar-refractivity contribution in [3.63, 3.8) is 0 Å². The number of nitrogens with one attached hydrogen (secondary N) is 2. The monoisotopic (exact) mass is 414 g/mol. The Morgan fingerprint density at radius 3 is 2.46 bits per heavy atom. The molecule has 1 unspecified atom stereocenters. The van der Waals surface area contributed by atoms with Crippen LogP contribution in [0.4, 0.5) is 5.13 Å². The van der Waals surface area contributed by atoms with E-state index in [0.29, 0.717) is 15.7 Å². The maximum atomic E-state index is 12.7. The molecular formula is C20H19ClN4O2S. The fourth-order valence-corrected chi connectivity index (χ4v) is 3.54. The van der Waals surface area contributed by atoms with Gasteiger partial charge in [-0.25, -0.2) is 0 Å². The minimum absolute atomic E-state index is 0.0568. The Kier molecular flexibility index (Phi) is 6.73. The molecule has 0 bridgehead atoms. The lowest BCUT2D eigenvalue weighted by Crippen LogP contribution is -2.31. The highest BCUT2D eigenvalue weighted by Gasteiger charge is 2.21. The van der Waals surface area contributed by atoms with Gasteiger partial charge in [0.25, 0.3) is 5.91 Å².